The molecule has 2 N–H and O–H groups in total. The SMILES string of the molecule is OCCC1(O)CCC2CCCCC2C1. The van der Waals surface area contributed by atoms with E-state index in [4.69, 9.17) is 5.11 Å². The van der Waals surface area contributed by atoms with E-state index in [1.165, 1.54) is 32.1 Å². The summed E-state index contributed by atoms with van der Waals surface area (Å²) in [5.74, 6) is 1.62. The van der Waals surface area contributed by atoms with Crippen LogP contribution in [0, 0.1) is 11.8 Å². The van der Waals surface area contributed by atoms with E-state index in [1.807, 2.05) is 0 Å². The van der Waals surface area contributed by atoms with E-state index in [0.29, 0.717) is 6.42 Å². The van der Waals surface area contributed by atoms with Crippen LogP contribution < -0.4 is 0 Å². The molecule has 0 radical (unpaired) electrons. The van der Waals surface area contributed by atoms with Crippen LogP contribution in [-0.4, -0.2) is 22.4 Å². The summed E-state index contributed by atoms with van der Waals surface area (Å²) in [5.41, 5.74) is -0.534. The lowest BCUT2D eigenvalue weighted by Crippen LogP contribution is -2.41. The van der Waals surface area contributed by atoms with Crippen molar-refractivity contribution in [3.8, 4) is 0 Å². The van der Waals surface area contributed by atoms with Crippen molar-refractivity contribution in [2.24, 2.45) is 11.8 Å². The fourth-order valence-electron chi connectivity index (χ4n) is 3.41. The molecular formula is C12H22O2. The normalized spacial score (nSPS) is 43.3. The second kappa shape index (κ2) is 4.19. The molecule has 14 heavy (non-hydrogen) atoms. The third-order valence-corrected chi connectivity index (χ3v) is 4.27. The second-order valence-electron chi connectivity index (χ2n) is 5.25. The molecule has 0 aliphatic heterocycles. The second-order valence-corrected chi connectivity index (χ2v) is 5.25. The van der Waals surface area contributed by atoms with Gasteiger partial charge in [0.2, 0.25) is 0 Å². The molecule has 0 aromatic rings. The lowest BCUT2D eigenvalue weighted by Gasteiger charge is -2.43. The molecule has 0 aromatic carbocycles. The first kappa shape index (κ1) is 10.4. The molecule has 2 fully saturated rings. The van der Waals surface area contributed by atoms with Crippen LogP contribution in [0.25, 0.3) is 0 Å². The maximum absolute atomic E-state index is 10.3. The number of aliphatic hydroxyl groups is 2. The van der Waals surface area contributed by atoms with Crippen molar-refractivity contribution < 1.29 is 10.2 Å². The van der Waals surface area contributed by atoms with Gasteiger partial charge in [0.25, 0.3) is 0 Å². The Morgan fingerprint density at radius 1 is 1.07 bits per heavy atom. The van der Waals surface area contributed by atoms with Gasteiger partial charge in [-0.1, -0.05) is 25.7 Å². The summed E-state index contributed by atoms with van der Waals surface area (Å²) < 4.78 is 0. The van der Waals surface area contributed by atoms with E-state index in [-0.39, 0.29) is 6.61 Å². The zero-order valence-electron chi connectivity index (χ0n) is 8.91. The van der Waals surface area contributed by atoms with Crippen LogP contribution in [0.1, 0.15) is 51.4 Å². The highest BCUT2D eigenvalue weighted by atomic mass is 16.3. The van der Waals surface area contributed by atoms with Gasteiger partial charge in [0.1, 0.15) is 0 Å². The molecule has 82 valence electrons. The van der Waals surface area contributed by atoms with Crippen molar-refractivity contribution in [2.45, 2.75) is 57.0 Å². The molecule has 2 nitrogen and oxygen atoms in total. The maximum Gasteiger partial charge on any atom is 0.0672 e. The minimum Gasteiger partial charge on any atom is -0.396 e. The minimum absolute atomic E-state index is 0.133. The predicted octanol–water partition coefficient (Wildman–Crippen LogP) is 2.09. The van der Waals surface area contributed by atoms with E-state index >= 15 is 0 Å². The van der Waals surface area contributed by atoms with Gasteiger partial charge in [-0.05, 0) is 37.5 Å². The Bertz CT molecular complexity index is 193. The van der Waals surface area contributed by atoms with Crippen LogP contribution in [0.3, 0.4) is 0 Å². The fourth-order valence-corrected chi connectivity index (χ4v) is 3.41. The molecule has 2 aliphatic rings. The molecule has 0 bridgehead atoms. The van der Waals surface area contributed by atoms with Gasteiger partial charge in [-0.2, -0.15) is 0 Å². The summed E-state index contributed by atoms with van der Waals surface area (Å²) in [6.45, 7) is 0.133. The van der Waals surface area contributed by atoms with Crippen LogP contribution in [0.2, 0.25) is 0 Å². The van der Waals surface area contributed by atoms with E-state index < -0.39 is 5.60 Å². The minimum atomic E-state index is -0.534. The van der Waals surface area contributed by atoms with Crippen LogP contribution in [-0.2, 0) is 0 Å². The van der Waals surface area contributed by atoms with Crippen molar-refractivity contribution in [3.05, 3.63) is 0 Å². The van der Waals surface area contributed by atoms with Gasteiger partial charge in [0.15, 0.2) is 0 Å². The monoisotopic (exact) mass is 198 g/mol. The summed E-state index contributed by atoms with van der Waals surface area (Å²) in [7, 11) is 0. The van der Waals surface area contributed by atoms with Gasteiger partial charge < -0.3 is 10.2 Å². The zero-order chi connectivity index (χ0) is 10.0. The van der Waals surface area contributed by atoms with E-state index in [0.717, 1.165) is 24.7 Å². The molecule has 2 saturated carbocycles. The number of aliphatic hydroxyl groups excluding tert-OH is 1. The molecule has 2 aliphatic carbocycles. The van der Waals surface area contributed by atoms with Crippen molar-refractivity contribution in [2.75, 3.05) is 6.61 Å². The summed E-state index contributed by atoms with van der Waals surface area (Å²) in [5, 5.41) is 19.2. The number of hydrogen-bond acceptors (Lipinski definition) is 2. The highest BCUT2D eigenvalue weighted by molar-refractivity contribution is 4.91. The molecule has 2 rings (SSSR count). The van der Waals surface area contributed by atoms with Gasteiger partial charge in [-0.15, -0.1) is 0 Å². The Labute approximate surface area is 86.3 Å². The lowest BCUT2D eigenvalue weighted by molar-refractivity contribution is -0.0587. The molecule has 0 saturated heterocycles. The van der Waals surface area contributed by atoms with Crippen molar-refractivity contribution in [1.82, 2.24) is 0 Å². The molecule has 0 aromatic heterocycles. The molecule has 0 spiro atoms. The molecule has 3 atom stereocenters. The first-order valence-corrected chi connectivity index (χ1v) is 6.07. The third-order valence-electron chi connectivity index (χ3n) is 4.27. The lowest BCUT2D eigenvalue weighted by atomic mass is 9.65. The molecule has 0 amide bonds. The highest BCUT2D eigenvalue weighted by Gasteiger charge is 2.39. The standard InChI is InChI=1S/C12H22O2/c13-8-7-12(14)6-5-10-3-1-2-4-11(10)9-12/h10-11,13-14H,1-9H2. The third kappa shape index (κ3) is 2.12. The van der Waals surface area contributed by atoms with Crippen LogP contribution in [0.5, 0.6) is 0 Å². The van der Waals surface area contributed by atoms with Gasteiger partial charge in [0.05, 0.1) is 5.60 Å². The fraction of sp³-hybridized carbons (Fsp3) is 1.00. The molecule has 2 heteroatoms. The zero-order valence-corrected chi connectivity index (χ0v) is 8.91. The quantitative estimate of drug-likeness (QED) is 0.713. The van der Waals surface area contributed by atoms with Crippen molar-refractivity contribution >= 4 is 0 Å². The molecule has 0 heterocycles. The Hall–Kier alpha value is -0.0800. The molecular weight excluding hydrogens is 176 g/mol. The van der Waals surface area contributed by atoms with Crippen LogP contribution in [0.15, 0.2) is 0 Å². The smallest absolute Gasteiger partial charge is 0.0672 e. The maximum atomic E-state index is 10.3. The van der Waals surface area contributed by atoms with Crippen molar-refractivity contribution in [1.29, 1.82) is 0 Å². The van der Waals surface area contributed by atoms with Gasteiger partial charge in [0, 0.05) is 6.61 Å². The van der Waals surface area contributed by atoms with E-state index in [2.05, 4.69) is 0 Å². The first-order valence-electron chi connectivity index (χ1n) is 6.07. The van der Waals surface area contributed by atoms with E-state index in [9.17, 15) is 5.11 Å². The van der Waals surface area contributed by atoms with Gasteiger partial charge in [-0.3, -0.25) is 0 Å². The largest absolute Gasteiger partial charge is 0.396 e. The highest BCUT2D eigenvalue weighted by Crippen LogP contribution is 2.45. The average Bonchev–Trinajstić information content (AvgIpc) is 2.17. The number of fused-ring (bicyclic) bond motifs is 1. The summed E-state index contributed by atoms with van der Waals surface area (Å²) in [6.07, 6.45) is 9.03. The average molecular weight is 198 g/mol. The Morgan fingerprint density at radius 3 is 2.50 bits per heavy atom. The van der Waals surface area contributed by atoms with Gasteiger partial charge in [-0.25, -0.2) is 0 Å². The Kier molecular flexibility index (Phi) is 3.13. The summed E-state index contributed by atoms with van der Waals surface area (Å²) in [6, 6.07) is 0. The predicted molar refractivity (Wildman–Crippen MR) is 56.0 cm³/mol. The van der Waals surface area contributed by atoms with Gasteiger partial charge >= 0.3 is 0 Å². The summed E-state index contributed by atoms with van der Waals surface area (Å²) >= 11 is 0. The Balaban J connectivity index is 1.94. The number of rotatable bonds is 2. The Morgan fingerprint density at radius 2 is 1.79 bits per heavy atom. The summed E-state index contributed by atoms with van der Waals surface area (Å²) in [4.78, 5) is 0. The first-order chi connectivity index (χ1) is 6.73. The van der Waals surface area contributed by atoms with Crippen molar-refractivity contribution in [3.63, 3.8) is 0 Å². The van der Waals surface area contributed by atoms with Crippen LogP contribution >= 0.6 is 0 Å². The topological polar surface area (TPSA) is 40.5 Å². The van der Waals surface area contributed by atoms with E-state index in [1.54, 1.807) is 0 Å². The van der Waals surface area contributed by atoms with Crippen LogP contribution in [0.4, 0.5) is 0 Å². The number of hydrogen-bond donors (Lipinski definition) is 2. The molecule has 3 unspecified atom stereocenters.